The first-order chi connectivity index (χ1) is 9.08. The molecule has 1 aromatic carbocycles. The third-order valence-electron chi connectivity index (χ3n) is 2.45. The molecule has 1 N–H and O–H groups in total. The van der Waals surface area contributed by atoms with Gasteiger partial charge < -0.3 is 5.11 Å². The number of rotatable bonds is 4. The van der Waals surface area contributed by atoms with Gasteiger partial charge in [0.25, 0.3) is 0 Å². The topological polar surface area (TPSA) is 67.3 Å². The van der Waals surface area contributed by atoms with Crippen LogP contribution in [0.25, 0.3) is 11.6 Å². The molecule has 0 saturated heterocycles. The number of hydrogen-bond acceptors (Lipinski definition) is 4. The molecule has 0 aliphatic carbocycles. The van der Waals surface area contributed by atoms with E-state index in [0.717, 1.165) is 0 Å². The predicted octanol–water partition coefficient (Wildman–Crippen LogP) is 2.51. The zero-order chi connectivity index (χ0) is 13.8. The van der Waals surface area contributed by atoms with Crippen molar-refractivity contribution < 1.29 is 14.1 Å². The molecule has 2 rings (SSSR count). The van der Waals surface area contributed by atoms with E-state index in [9.17, 15) is 14.1 Å². The molecule has 1 aromatic heterocycles. The van der Waals surface area contributed by atoms with Crippen LogP contribution in [0.3, 0.4) is 0 Å². The minimum Gasteiger partial charge on any atom is -0.478 e. The number of carboxylic acid groups (broad SMARTS) is 1. The fraction of sp³-hybridized carbons (Fsp3) is 0.0769. The van der Waals surface area contributed by atoms with E-state index < -0.39 is 16.8 Å². The van der Waals surface area contributed by atoms with Crippen LogP contribution in [-0.4, -0.2) is 26.5 Å². The van der Waals surface area contributed by atoms with E-state index >= 15 is 0 Å². The highest BCUT2D eigenvalue weighted by Crippen LogP contribution is 2.21. The van der Waals surface area contributed by atoms with Crippen LogP contribution < -0.4 is 0 Å². The third kappa shape index (κ3) is 3.36. The minimum absolute atomic E-state index is 0.170. The van der Waals surface area contributed by atoms with Crippen LogP contribution in [0.15, 0.2) is 40.7 Å². The zero-order valence-corrected chi connectivity index (χ0v) is 11.7. The number of carbonyl (C=O) groups is 1. The molecule has 0 spiro atoms. The third-order valence-corrected chi connectivity index (χ3v) is 4.11. The Bertz CT molecular complexity index is 630. The first-order valence-corrected chi connectivity index (χ1v) is 7.80. The molecule has 0 radical (unpaired) electrons. The Hall–Kier alpha value is -1.79. The Morgan fingerprint density at radius 3 is 2.53 bits per heavy atom. The lowest BCUT2D eigenvalue weighted by Crippen LogP contribution is -2.00. The second kappa shape index (κ2) is 5.90. The molecule has 0 amide bonds. The van der Waals surface area contributed by atoms with E-state index in [4.69, 9.17) is 0 Å². The van der Waals surface area contributed by atoms with Crippen molar-refractivity contribution in [3.05, 3.63) is 46.4 Å². The van der Waals surface area contributed by atoms with E-state index in [0.29, 0.717) is 15.5 Å². The van der Waals surface area contributed by atoms with Gasteiger partial charge in [-0.15, -0.1) is 11.3 Å². The number of benzene rings is 1. The molecule has 6 heteroatoms. The van der Waals surface area contributed by atoms with Crippen molar-refractivity contribution in [2.75, 3.05) is 6.26 Å². The Balaban J connectivity index is 2.40. The molecule has 1 heterocycles. The summed E-state index contributed by atoms with van der Waals surface area (Å²) in [5.41, 5.74) is 0.736. The van der Waals surface area contributed by atoms with Gasteiger partial charge in [-0.2, -0.15) is 0 Å². The number of carboxylic acids is 1. The first-order valence-electron chi connectivity index (χ1n) is 5.36. The highest BCUT2D eigenvalue weighted by Gasteiger charge is 2.11. The molecule has 0 bridgehead atoms. The van der Waals surface area contributed by atoms with E-state index in [1.54, 1.807) is 42.1 Å². The van der Waals surface area contributed by atoms with Crippen molar-refractivity contribution in [2.45, 2.75) is 4.90 Å². The van der Waals surface area contributed by atoms with Gasteiger partial charge in [0.05, 0.1) is 5.57 Å². The maximum atomic E-state index is 11.3. The van der Waals surface area contributed by atoms with Crippen LogP contribution in [0.1, 0.15) is 10.6 Å². The van der Waals surface area contributed by atoms with Gasteiger partial charge >= 0.3 is 5.97 Å². The minimum atomic E-state index is -1.07. The highest BCUT2D eigenvalue weighted by atomic mass is 32.2. The molecule has 2 aromatic rings. The van der Waals surface area contributed by atoms with E-state index in [1.165, 1.54) is 17.4 Å². The second-order valence-corrected chi connectivity index (χ2v) is 6.02. The molecule has 0 saturated carbocycles. The lowest BCUT2D eigenvalue weighted by molar-refractivity contribution is -0.130. The van der Waals surface area contributed by atoms with Gasteiger partial charge in [-0.25, -0.2) is 9.78 Å². The molecule has 0 fully saturated rings. The molecular formula is C13H11NO3S2. The van der Waals surface area contributed by atoms with Crippen LogP contribution in [0, 0.1) is 0 Å². The molecule has 4 nitrogen and oxygen atoms in total. The first kappa shape index (κ1) is 13.6. The normalized spacial score (nSPS) is 13.2. The van der Waals surface area contributed by atoms with Gasteiger partial charge in [0.2, 0.25) is 0 Å². The van der Waals surface area contributed by atoms with Crippen molar-refractivity contribution in [2.24, 2.45) is 0 Å². The molecular weight excluding hydrogens is 282 g/mol. The SMILES string of the molecule is CS(=O)c1ccc(/C(=C\c2nccs2)C(=O)O)cc1. The second-order valence-electron chi connectivity index (χ2n) is 3.71. The highest BCUT2D eigenvalue weighted by molar-refractivity contribution is 7.84. The largest absolute Gasteiger partial charge is 0.478 e. The van der Waals surface area contributed by atoms with Crippen molar-refractivity contribution in [3.63, 3.8) is 0 Å². The maximum Gasteiger partial charge on any atom is 0.336 e. The molecule has 1 unspecified atom stereocenters. The standard InChI is InChI=1S/C13H11NO3S2/c1-19(17)10-4-2-9(3-5-10)11(13(15)16)8-12-14-6-7-18-12/h2-8H,1H3,(H,15,16)/b11-8+. The summed E-state index contributed by atoms with van der Waals surface area (Å²) in [5, 5.41) is 11.7. The average molecular weight is 293 g/mol. The Labute approximate surface area is 116 Å². The fourth-order valence-corrected chi connectivity index (χ4v) is 2.61. The van der Waals surface area contributed by atoms with Gasteiger partial charge in [0.1, 0.15) is 5.01 Å². The quantitative estimate of drug-likeness (QED) is 0.880. The van der Waals surface area contributed by atoms with E-state index in [-0.39, 0.29) is 5.57 Å². The van der Waals surface area contributed by atoms with E-state index in [1.807, 2.05) is 0 Å². The predicted molar refractivity (Wildman–Crippen MR) is 76.4 cm³/mol. The Morgan fingerprint density at radius 1 is 1.37 bits per heavy atom. The molecule has 1 atom stereocenters. The molecule has 98 valence electrons. The summed E-state index contributed by atoms with van der Waals surface area (Å²) < 4.78 is 11.3. The van der Waals surface area contributed by atoms with Gasteiger partial charge in [-0.1, -0.05) is 12.1 Å². The van der Waals surface area contributed by atoms with Crippen LogP contribution in [0.2, 0.25) is 0 Å². The van der Waals surface area contributed by atoms with Gasteiger partial charge in [0.15, 0.2) is 0 Å². The van der Waals surface area contributed by atoms with Crippen LogP contribution in [0.4, 0.5) is 0 Å². The van der Waals surface area contributed by atoms with Crippen molar-refractivity contribution >= 4 is 39.8 Å². The van der Waals surface area contributed by atoms with Crippen LogP contribution in [0.5, 0.6) is 0 Å². The molecule has 19 heavy (non-hydrogen) atoms. The number of aliphatic carboxylic acids is 1. The van der Waals surface area contributed by atoms with Crippen LogP contribution >= 0.6 is 11.3 Å². The summed E-state index contributed by atoms with van der Waals surface area (Å²) in [7, 11) is -1.07. The smallest absolute Gasteiger partial charge is 0.336 e. The summed E-state index contributed by atoms with van der Waals surface area (Å²) in [6, 6.07) is 6.66. The number of nitrogens with zero attached hydrogens (tertiary/aromatic N) is 1. The lowest BCUT2D eigenvalue weighted by Gasteiger charge is -2.03. The molecule has 0 aliphatic rings. The van der Waals surface area contributed by atoms with Gasteiger partial charge in [0, 0.05) is 33.5 Å². The fourth-order valence-electron chi connectivity index (χ4n) is 1.52. The average Bonchev–Trinajstić information content (AvgIpc) is 2.88. The molecule has 0 aliphatic heterocycles. The van der Waals surface area contributed by atoms with E-state index in [2.05, 4.69) is 4.98 Å². The lowest BCUT2D eigenvalue weighted by atomic mass is 10.1. The van der Waals surface area contributed by atoms with Crippen LogP contribution in [-0.2, 0) is 15.6 Å². The van der Waals surface area contributed by atoms with Crippen molar-refractivity contribution in [1.29, 1.82) is 0 Å². The summed E-state index contributed by atoms with van der Waals surface area (Å²) in [6.07, 6.45) is 4.74. The summed E-state index contributed by atoms with van der Waals surface area (Å²) in [4.78, 5) is 16.0. The Morgan fingerprint density at radius 2 is 2.05 bits per heavy atom. The Kier molecular flexibility index (Phi) is 4.24. The van der Waals surface area contributed by atoms with Gasteiger partial charge in [-0.3, -0.25) is 4.21 Å². The number of hydrogen-bond donors (Lipinski definition) is 1. The van der Waals surface area contributed by atoms with Crippen molar-refractivity contribution in [3.8, 4) is 0 Å². The zero-order valence-electron chi connectivity index (χ0n) is 10.1. The maximum absolute atomic E-state index is 11.3. The van der Waals surface area contributed by atoms with Gasteiger partial charge in [-0.05, 0) is 23.8 Å². The summed E-state index contributed by atoms with van der Waals surface area (Å²) in [5.74, 6) is -1.01. The number of thiazole rings is 1. The summed E-state index contributed by atoms with van der Waals surface area (Å²) in [6.45, 7) is 0. The monoisotopic (exact) mass is 293 g/mol. The van der Waals surface area contributed by atoms with Crippen molar-refractivity contribution in [1.82, 2.24) is 4.98 Å². The summed E-state index contributed by atoms with van der Waals surface area (Å²) >= 11 is 1.37. The number of aromatic nitrogens is 1.